The second-order valence-corrected chi connectivity index (χ2v) is 7.95. The van der Waals surface area contributed by atoms with Gasteiger partial charge in [0.1, 0.15) is 6.17 Å². The zero-order valence-electron chi connectivity index (χ0n) is 14.5. The van der Waals surface area contributed by atoms with Crippen molar-refractivity contribution in [3.8, 4) is 0 Å². The van der Waals surface area contributed by atoms with Crippen LogP contribution < -0.4 is 27.6 Å². The summed E-state index contributed by atoms with van der Waals surface area (Å²) in [5, 5.41) is 1.44. The number of aromatic amines is 1. The average Bonchev–Trinajstić information content (AvgIpc) is 3.33. The van der Waals surface area contributed by atoms with E-state index in [0.717, 1.165) is 17.7 Å². The lowest BCUT2D eigenvalue weighted by Crippen LogP contribution is -2.59. The third kappa shape index (κ3) is 2.80. The fourth-order valence-electron chi connectivity index (χ4n) is 3.89. The fourth-order valence-corrected chi connectivity index (χ4v) is 4.69. The van der Waals surface area contributed by atoms with E-state index >= 15 is 4.39 Å². The van der Waals surface area contributed by atoms with Crippen LogP contribution in [0.3, 0.4) is 0 Å². The molecule has 27 heavy (non-hydrogen) atoms. The first-order valence-corrected chi connectivity index (χ1v) is 9.52. The number of fused-ring (bicyclic) bond motifs is 1. The lowest BCUT2D eigenvalue weighted by Gasteiger charge is -2.28. The summed E-state index contributed by atoms with van der Waals surface area (Å²) in [7, 11) is 0. The molecule has 1 saturated carbocycles. The summed E-state index contributed by atoms with van der Waals surface area (Å²) in [6, 6.07) is 1.54. The quantitative estimate of drug-likeness (QED) is 0.811. The topological polar surface area (TPSA) is 80.9 Å². The van der Waals surface area contributed by atoms with Crippen molar-refractivity contribution in [3.63, 3.8) is 0 Å². The van der Waals surface area contributed by atoms with Crippen molar-refractivity contribution in [2.75, 3.05) is 0 Å². The summed E-state index contributed by atoms with van der Waals surface area (Å²) in [6.07, 6.45) is -3.76. The Balaban J connectivity index is 2.14. The Hall–Kier alpha value is -2.13. The summed E-state index contributed by atoms with van der Waals surface area (Å²) in [4.78, 5) is 27.6. The molecule has 2 aromatic rings. The number of thiophene rings is 1. The van der Waals surface area contributed by atoms with Gasteiger partial charge >= 0.3 is 5.69 Å². The first kappa shape index (κ1) is 18.2. The third-order valence-corrected chi connectivity index (χ3v) is 6.22. The Morgan fingerprint density at radius 2 is 2.07 bits per heavy atom. The number of hydrogen-bond donors (Lipinski definition) is 2. The molecule has 4 rings (SSSR count). The van der Waals surface area contributed by atoms with Crippen LogP contribution in [0.2, 0.25) is 0 Å². The van der Waals surface area contributed by atoms with E-state index in [1.165, 1.54) is 15.9 Å². The number of nitrogens with one attached hydrogen (secondary N) is 1. The van der Waals surface area contributed by atoms with E-state index in [-0.39, 0.29) is 17.9 Å². The minimum Gasteiger partial charge on any atom is -0.326 e. The van der Waals surface area contributed by atoms with Gasteiger partial charge in [-0.3, -0.25) is 14.3 Å². The van der Waals surface area contributed by atoms with Crippen LogP contribution in [0.1, 0.15) is 42.2 Å². The number of halogens is 3. The van der Waals surface area contributed by atoms with Crippen LogP contribution in [-0.2, 0) is 6.54 Å². The summed E-state index contributed by atoms with van der Waals surface area (Å²) in [6.45, 7) is 1.87. The van der Waals surface area contributed by atoms with E-state index in [1.807, 2.05) is 0 Å². The molecule has 0 aliphatic heterocycles. The van der Waals surface area contributed by atoms with Gasteiger partial charge in [0.15, 0.2) is 0 Å². The Morgan fingerprint density at radius 1 is 1.37 bits per heavy atom. The molecule has 2 heterocycles. The first-order chi connectivity index (χ1) is 12.8. The van der Waals surface area contributed by atoms with Crippen LogP contribution in [0.4, 0.5) is 13.2 Å². The lowest BCUT2D eigenvalue weighted by molar-refractivity contribution is 0.191. The molecule has 0 saturated heterocycles. The summed E-state index contributed by atoms with van der Waals surface area (Å²) in [5.74, 6) is -0.982. The number of nitrogens with two attached hydrogens (primary N) is 1. The molecule has 2 atom stereocenters. The van der Waals surface area contributed by atoms with E-state index in [9.17, 15) is 18.4 Å². The van der Waals surface area contributed by atoms with Gasteiger partial charge < -0.3 is 5.73 Å². The van der Waals surface area contributed by atoms with Crippen LogP contribution in [0, 0.1) is 0 Å². The maximum atomic E-state index is 15.3. The Labute approximate surface area is 155 Å². The summed E-state index contributed by atoms with van der Waals surface area (Å²) in [5.41, 5.74) is 4.11. The van der Waals surface area contributed by atoms with Crippen LogP contribution in [0.15, 0.2) is 21.0 Å². The maximum absolute atomic E-state index is 15.3. The van der Waals surface area contributed by atoms with Gasteiger partial charge in [-0.2, -0.15) is 0 Å². The molecule has 0 spiro atoms. The molecule has 9 heteroatoms. The maximum Gasteiger partial charge on any atom is 0.329 e. The molecule has 3 N–H and O–H groups in total. The zero-order chi connectivity index (χ0) is 19.5. The first-order valence-electron chi connectivity index (χ1n) is 8.64. The molecular weight excluding hydrogens is 379 g/mol. The highest BCUT2D eigenvalue weighted by Crippen LogP contribution is 2.39. The zero-order valence-corrected chi connectivity index (χ0v) is 15.3. The highest BCUT2D eigenvalue weighted by molar-refractivity contribution is 7.10. The van der Waals surface area contributed by atoms with Gasteiger partial charge in [0, 0.05) is 29.0 Å². The Kier molecular flexibility index (Phi) is 4.38. The summed E-state index contributed by atoms with van der Waals surface area (Å²) >= 11 is 1.33. The highest BCUT2D eigenvalue weighted by atomic mass is 32.1. The van der Waals surface area contributed by atoms with Crippen LogP contribution in [0.5, 0.6) is 0 Å². The van der Waals surface area contributed by atoms with Gasteiger partial charge in [-0.25, -0.2) is 18.0 Å². The Bertz CT molecular complexity index is 1140. The van der Waals surface area contributed by atoms with E-state index in [0.29, 0.717) is 11.1 Å². The van der Waals surface area contributed by atoms with Crippen molar-refractivity contribution in [1.29, 1.82) is 0 Å². The van der Waals surface area contributed by atoms with Gasteiger partial charge in [0.2, 0.25) is 0 Å². The van der Waals surface area contributed by atoms with Gasteiger partial charge in [-0.15, -0.1) is 11.3 Å². The monoisotopic (exact) mass is 397 g/mol. The molecule has 2 unspecified atom stereocenters. The molecule has 2 aliphatic rings. The van der Waals surface area contributed by atoms with Crippen molar-refractivity contribution in [2.24, 2.45) is 5.73 Å². The predicted octanol–water partition coefficient (Wildman–Crippen LogP) is 1.11. The third-order valence-electron chi connectivity index (χ3n) is 5.24. The smallest absolute Gasteiger partial charge is 0.326 e. The number of rotatable bonds is 4. The molecule has 0 amide bonds. The van der Waals surface area contributed by atoms with Gasteiger partial charge in [0.05, 0.1) is 10.6 Å². The molecule has 5 nitrogen and oxygen atoms in total. The molecule has 2 aromatic heterocycles. The largest absolute Gasteiger partial charge is 0.329 e. The molecule has 1 fully saturated rings. The van der Waals surface area contributed by atoms with Crippen LogP contribution in [0.25, 0.3) is 11.1 Å². The normalized spacial score (nSPS) is 22.4. The minimum absolute atomic E-state index is 0.140. The van der Waals surface area contributed by atoms with E-state index in [4.69, 9.17) is 5.73 Å². The van der Waals surface area contributed by atoms with Gasteiger partial charge in [-0.1, -0.05) is 0 Å². The van der Waals surface area contributed by atoms with Crippen molar-refractivity contribution in [2.45, 2.75) is 50.9 Å². The number of aromatic nitrogens is 2. The Morgan fingerprint density at radius 3 is 2.63 bits per heavy atom. The van der Waals surface area contributed by atoms with Crippen molar-refractivity contribution >= 4 is 22.5 Å². The number of H-pyrrole nitrogens is 1. The second kappa shape index (κ2) is 6.49. The molecule has 0 radical (unpaired) electrons. The second-order valence-electron chi connectivity index (χ2n) is 6.95. The van der Waals surface area contributed by atoms with Crippen molar-refractivity contribution in [1.82, 2.24) is 9.55 Å². The highest BCUT2D eigenvalue weighted by Gasteiger charge is 2.39. The molecule has 2 aliphatic carbocycles. The molecule has 0 aromatic carbocycles. The summed E-state index contributed by atoms with van der Waals surface area (Å²) < 4.78 is 44.3. The molecular formula is C18H18F3N3O2S. The van der Waals surface area contributed by atoms with Gasteiger partial charge in [0.25, 0.3) is 12.0 Å². The SMILES string of the molecule is CC1=c2c(c(=O)[nH]c(=O)n2C2CC2)=C(C(F)F)C(F)C1c1csc(CN)c1. The molecule has 0 bridgehead atoms. The standard InChI is InChI=1S/C18H18F3N3O2S/c1-7-11(8-4-10(5-22)27-6-8)14(19)12(16(20)21)13-15(7)24(9-2-3-9)18(26)23-17(13)25/h4,6,9,11,14,16H,2-3,5,22H2,1H3,(H,23,25,26). The van der Waals surface area contributed by atoms with Crippen molar-refractivity contribution < 1.29 is 13.2 Å². The van der Waals surface area contributed by atoms with Crippen molar-refractivity contribution in [3.05, 3.63) is 53.3 Å². The molecule has 144 valence electrons. The van der Waals surface area contributed by atoms with E-state index < -0.39 is 40.6 Å². The number of alkyl halides is 3. The van der Waals surface area contributed by atoms with Crippen LogP contribution >= 0.6 is 11.3 Å². The predicted molar refractivity (Wildman–Crippen MR) is 97.2 cm³/mol. The fraction of sp³-hybridized carbons (Fsp3) is 0.444. The average molecular weight is 397 g/mol. The lowest BCUT2D eigenvalue weighted by atomic mass is 9.81. The number of hydrogen-bond acceptors (Lipinski definition) is 4. The number of nitrogens with zero attached hydrogens (tertiary/aromatic N) is 1. The van der Waals surface area contributed by atoms with E-state index in [2.05, 4.69) is 4.98 Å². The minimum atomic E-state index is -3.15. The van der Waals surface area contributed by atoms with Gasteiger partial charge in [-0.05, 0) is 42.3 Å². The van der Waals surface area contributed by atoms with Crippen LogP contribution in [-0.4, -0.2) is 22.1 Å². The van der Waals surface area contributed by atoms with E-state index in [1.54, 1.807) is 18.4 Å².